The van der Waals surface area contributed by atoms with E-state index in [-0.39, 0.29) is 0 Å². The summed E-state index contributed by atoms with van der Waals surface area (Å²) >= 11 is 0. The van der Waals surface area contributed by atoms with Crippen LogP contribution in [0, 0.1) is 0 Å². The summed E-state index contributed by atoms with van der Waals surface area (Å²) in [7, 11) is 0. The minimum atomic E-state index is -7.48. The second kappa shape index (κ2) is 4.10. The molecule has 109 valence electrons. The second-order valence-electron chi connectivity index (χ2n) is 3.07. The molecule has 0 spiro atoms. The fourth-order valence-corrected chi connectivity index (χ4v) is 0.696. The first-order chi connectivity index (χ1) is 7.56. The highest BCUT2D eigenvalue weighted by Gasteiger charge is 2.87. The van der Waals surface area contributed by atoms with Crippen molar-refractivity contribution < 1.29 is 53.4 Å². The summed E-state index contributed by atoms with van der Waals surface area (Å²) in [4.78, 5) is 0. The van der Waals surface area contributed by atoms with Crippen molar-refractivity contribution in [1.82, 2.24) is 0 Å². The summed E-state index contributed by atoms with van der Waals surface area (Å²) in [6.45, 7) is -3.29. The van der Waals surface area contributed by atoms with Gasteiger partial charge in [0.1, 0.15) is 0 Å². The van der Waals surface area contributed by atoms with Crippen LogP contribution in [0.2, 0.25) is 0 Å². The average Bonchev–Trinajstić information content (AvgIpc) is 2.15. The topological polar surface area (TPSA) is 19.9 Å². The third kappa shape index (κ3) is 2.10. The van der Waals surface area contributed by atoms with Crippen molar-refractivity contribution in [2.45, 2.75) is 29.9 Å². The van der Waals surface area contributed by atoms with Gasteiger partial charge in [-0.15, -0.1) is 0 Å². The Kier molecular flexibility index (Phi) is 3.91. The molecule has 0 unspecified atom stereocenters. The summed E-state index contributed by atoms with van der Waals surface area (Å²) in [5.41, 5.74) is 0. The van der Waals surface area contributed by atoms with Gasteiger partial charge in [-0.1, -0.05) is 0 Å². The molecule has 0 saturated carbocycles. The first-order valence-corrected chi connectivity index (χ1v) is 3.72. The van der Waals surface area contributed by atoms with Crippen molar-refractivity contribution in [3.63, 3.8) is 0 Å². The first kappa shape index (κ1) is 17.2. The molecule has 12 heteroatoms. The normalized spacial score (nSPS) is 16.0. The molecule has 0 rings (SSSR count). The van der Waals surface area contributed by atoms with E-state index in [4.69, 9.17) is 0 Å². The summed E-state index contributed by atoms with van der Waals surface area (Å²) in [6.07, 6.45) is -7.20. The predicted octanol–water partition coefficient (Wildman–Crippen LogP) is 3.52. The minimum Gasteiger partial charge on any atom is -0.230 e. The maximum Gasteiger partial charge on any atom is 0.460 e. The van der Waals surface area contributed by atoms with Gasteiger partial charge in [0.2, 0.25) is 0 Å². The predicted molar refractivity (Wildman–Crippen MR) is 31.4 cm³/mol. The Labute approximate surface area is 91.2 Å². The van der Waals surface area contributed by atoms with E-state index < -0.39 is 36.5 Å². The van der Waals surface area contributed by atoms with Gasteiger partial charge >= 0.3 is 29.9 Å². The summed E-state index contributed by atoms with van der Waals surface area (Å²) < 4.78 is 132. The van der Waals surface area contributed by atoms with Gasteiger partial charge in [0, 0.05) is 0 Å². The van der Waals surface area contributed by atoms with Gasteiger partial charge in [0.05, 0.1) is 0 Å². The Morgan fingerprint density at radius 2 is 0.889 bits per heavy atom. The third-order valence-electron chi connectivity index (χ3n) is 1.79. The summed E-state index contributed by atoms with van der Waals surface area (Å²) in [5, 5.41) is 9.53. The number of alkyl halides is 11. The Balaban J connectivity index is 5.80. The lowest BCUT2D eigenvalue weighted by Crippen LogP contribution is -2.67. The van der Waals surface area contributed by atoms with Crippen molar-refractivity contribution in [3.8, 4) is 0 Å². The van der Waals surface area contributed by atoms with Gasteiger partial charge < -0.3 is 0 Å². The molecule has 0 aromatic carbocycles. The average molecular weight is 299 g/mol. The van der Waals surface area contributed by atoms with Gasteiger partial charge in [-0.25, -0.2) is 5.11 Å². The molecule has 1 radical (unpaired) electrons. The van der Waals surface area contributed by atoms with Crippen LogP contribution in [0.5, 0.6) is 0 Å². The highest BCUT2D eigenvalue weighted by molar-refractivity contribution is 5.05. The monoisotopic (exact) mass is 299 g/mol. The molecular weight excluding hydrogens is 297 g/mol. The highest BCUT2D eigenvalue weighted by Crippen LogP contribution is 2.57. The minimum absolute atomic E-state index is 3.29. The lowest BCUT2D eigenvalue weighted by Gasteiger charge is -2.36. The molecule has 0 heterocycles. The van der Waals surface area contributed by atoms with Gasteiger partial charge in [-0.3, -0.25) is 0 Å². The Morgan fingerprint density at radius 1 is 0.556 bits per heavy atom. The van der Waals surface area contributed by atoms with Gasteiger partial charge in [-0.2, -0.15) is 48.3 Å². The molecule has 0 aromatic heterocycles. The Bertz CT molecular complexity index is 303. The summed E-state index contributed by atoms with van der Waals surface area (Å²) in [5.74, 6) is -28.3. The lowest BCUT2D eigenvalue weighted by molar-refractivity contribution is -0.424. The van der Waals surface area contributed by atoms with Crippen LogP contribution in [-0.4, -0.2) is 36.5 Å². The van der Waals surface area contributed by atoms with Crippen molar-refractivity contribution in [1.29, 1.82) is 0 Å². The van der Waals surface area contributed by atoms with Crippen molar-refractivity contribution in [3.05, 3.63) is 0 Å². The zero-order valence-electron chi connectivity index (χ0n) is 7.77. The van der Waals surface area contributed by atoms with E-state index in [0.29, 0.717) is 0 Å². The number of hydrogen-bond donors (Lipinski definition) is 0. The molecule has 0 aliphatic rings. The largest absolute Gasteiger partial charge is 0.460 e. The molecule has 0 aliphatic heterocycles. The molecule has 1 nitrogen and oxygen atoms in total. The first-order valence-electron chi connectivity index (χ1n) is 3.72. The molecule has 0 N–H and O–H groups in total. The van der Waals surface area contributed by atoms with Gasteiger partial charge in [0.15, 0.2) is 6.61 Å². The van der Waals surface area contributed by atoms with Crippen molar-refractivity contribution in [2.24, 2.45) is 0 Å². The zero-order valence-corrected chi connectivity index (χ0v) is 7.77. The van der Waals surface area contributed by atoms with E-state index in [9.17, 15) is 53.4 Å². The van der Waals surface area contributed by atoms with E-state index in [1.807, 2.05) is 0 Å². The summed E-state index contributed by atoms with van der Waals surface area (Å²) in [6, 6.07) is 0. The van der Waals surface area contributed by atoms with E-state index in [1.165, 1.54) is 0 Å². The third-order valence-corrected chi connectivity index (χ3v) is 1.79. The molecule has 0 atom stereocenters. The maximum atomic E-state index is 12.3. The molecule has 0 saturated heterocycles. The fraction of sp³-hybridized carbons (Fsp3) is 1.00. The standard InChI is InChI=1S/C6H2F11O/c7-2(8,1-18)3(9,10)4(11,12)5(13,14)6(15,16)17/h1H2. The van der Waals surface area contributed by atoms with Crippen LogP contribution in [0.3, 0.4) is 0 Å². The van der Waals surface area contributed by atoms with E-state index in [2.05, 4.69) is 0 Å². The van der Waals surface area contributed by atoms with Crippen molar-refractivity contribution in [2.75, 3.05) is 6.61 Å². The highest BCUT2D eigenvalue weighted by atomic mass is 19.4. The Morgan fingerprint density at radius 3 is 1.11 bits per heavy atom. The Hall–Kier alpha value is -0.810. The van der Waals surface area contributed by atoms with Gasteiger partial charge in [-0.05, 0) is 0 Å². The number of rotatable bonds is 4. The number of halogens is 11. The molecule has 0 amide bonds. The molecule has 18 heavy (non-hydrogen) atoms. The molecular formula is C6H2F11O. The van der Waals surface area contributed by atoms with Crippen molar-refractivity contribution >= 4 is 0 Å². The van der Waals surface area contributed by atoms with Gasteiger partial charge in [0.25, 0.3) is 0 Å². The van der Waals surface area contributed by atoms with Crippen LogP contribution >= 0.6 is 0 Å². The van der Waals surface area contributed by atoms with Crippen LogP contribution < -0.4 is 0 Å². The van der Waals surface area contributed by atoms with Crippen LogP contribution in [0.25, 0.3) is 0 Å². The van der Waals surface area contributed by atoms with E-state index >= 15 is 0 Å². The van der Waals surface area contributed by atoms with Crippen LogP contribution in [0.4, 0.5) is 48.3 Å². The maximum absolute atomic E-state index is 12.3. The quantitative estimate of drug-likeness (QED) is 0.708. The second-order valence-corrected chi connectivity index (χ2v) is 3.07. The molecule has 0 aliphatic carbocycles. The van der Waals surface area contributed by atoms with Crippen LogP contribution in [0.15, 0.2) is 0 Å². The molecule has 0 aromatic rings. The SMILES string of the molecule is [O]CC(F)(F)C(F)(F)C(F)(F)C(F)(F)C(F)(F)F. The van der Waals surface area contributed by atoms with E-state index in [0.717, 1.165) is 0 Å². The zero-order chi connectivity index (χ0) is 15.2. The van der Waals surface area contributed by atoms with E-state index in [1.54, 1.807) is 0 Å². The molecule has 0 fully saturated rings. The smallest absolute Gasteiger partial charge is 0.230 e. The van der Waals surface area contributed by atoms with Crippen LogP contribution in [-0.2, 0) is 5.11 Å². The number of hydrogen-bond acceptors (Lipinski definition) is 0. The lowest BCUT2D eigenvalue weighted by atomic mass is 9.98. The fourth-order valence-electron chi connectivity index (χ4n) is 0.696. The molecule has 0 bridgehead atoms. The van der Waals surface area contributed by atoms with Crippen LogP contribution in [0.1, 0.15) is 0 Å².